The highest BCUT2D eigenvalue weighted by Gasteiger charge is 2.08. The van der Waals surface area contributed by atoms with E-state index < -0.39 is 5.97 Å². The van der Waals surface area contributed by atoms with Gasteiger partial charge in [-0.1, -0.05) is 6.07 Å². The molecule has 0 aliphatic rings. The number of anilines is 1. The van der Waals surface area contributed by atoms with E-state index in [2.05, 4.69) is 4.74 Å². The van der Waals surface area contributed by atoms with Crippen LogP contribution in [0.25, 0.3) is 0 Å². The summed E-state index contributed by atoms with van der Waals surface area (Å²) in [6.45, 7) is 0.622. The largest absolute Gasteiger partial charge is 0.481 e. The summed E-state index contributed by atoms with van der Waals surface area (Å²) in [7, 11) is 3.20. The van der Waals surface area contributed by atoms with E-state index in [1.54, 1.807) is 18.2 Å². The Morgan fingerprint density at radius 1 is 1.39 bits per heavy atom. The molecule has 18 heavy (non-hydrogen) atoms. The highest BCUT2D eigenvalue weighted by Crippen LogP contribution is 2.16. The van der Waals surface area contributed by atoms with Crippen molar-refractivity contribution in [3.63, 3.8) is 0 Å². The number of carboxylic acid groups (broad SMARTS) is 1. The molecule has 5 nitrogen and oxygen atoms in total. The molecule has 1 aromatic rings. The average molecular weight is 251 g/mol. The lowest BCUT2D eigenvalue weighted by molar-refractivity contribution is -0.137. The second-order valence-corrected chi connectivity index (χ2v) is 3.96. The molecule has 0 saturated heterocycles. The number of aliphatic carboxylic acids is 1. The Morgan fingerprint density at radius 2 is 2.11 bits per heavy atom. The molecule has 1 rings (SSSR count). The van der Waals surface area contributed by atoms with Gasteiger partial charge in [-0.05, 0) is 24.6 Å². The van der Waals surface area contributed by atoms with Crippen molar-refractivity contribution in [2.45, 2.75) is 12.8 Å². The number of nitrogens with zero attached hydrogens (tertiary/aromatic N) is 1. The Morgan fingerprint density at radius 3 is 2.72 bits per heavy atom. The lowest BCUT2D eigenvalue weighted by atomic mass is 10.2. The average Bonchev–Trinajstić information content (AvgIpc) is 2.37. The fourth-order valence-corrected chi connectivity index (χ4v) is 1.58. The first-order chi connectivity index (χ1) is 8.54. The number of carbonyl (C=O) groups excluding carboxylic acids is 1. The van der Waals surface area contributed by atoms with Crippen molar-refractivity contribution in [2.75, 3.05) is 25.6 Å². The van der Waals surface area contributed by atoms with Crippen LogP contribution in [0.4, 0.5) is 5.69 Å². The first kappa shape index (κ1) is 14.0. The SMILES string of the molecule is COC(=O)c1cccc(N(C)CCCC(=O)O)c1. The van der Waals surface area contributed by atoms with Gasteiger partial charge in [0.05, 0.1) is 12.7 Å². The van der Waals surface area contributed by atoms with Crippen LogP contribution >= 0.6 is 0 Å². The molecule has 1 aromatic carbocycles. The molecule has 0 amide bonds. The maximum absolute atomic E-state index is 11.4. The van der Waals surface area contributed by atoms with Gasteiger partial charge in [-0.3, -0.25) is 4.79 Å². The van der Waals surface area contributed by atoms with Crippen LogP contribution in [0, 0.1) is 0 Å². The number of hydrogen-bond donors (Lipinski definition) is 1. The highest BCUT2D eigenvalue weighted by molar-refractivity contribution is 5.90. The Hall–Kier alpha value is -2.04. The standard InChI is InChI=1S/C13H17NO4/c1-14(8-4-7-12(15)16)11-6-3-5-10(9-11)13(17)18-2/h3,5-6,9H,4,7-8H2,1-2H3,(H,15,16). The maximum Gasteiger partial charge on any atom is 0.337 e. The van der Waals surface area contributed by atoms with E-state index in [0.717, 1.165) is 5.69 Å². The van der Waals surface area contributed by atoms with Crippen LogP contribution in [0.15, 0.2) is 24.3 Å². The quantitative estimate of drug-likeness (QED) is 0.780. The van der Waals surface area contributed by atoms with E-state index in [0.29, 0.717) is 18.5 Å². The Balaban J connectivity index is 2.65. The molecular weight excluding hydrogens is 234 g/mol. The second-order valence-electron chi connectivity index (χ2n) is 3.96. The fraction of sp³-hybridized carbons (Fsp3) is 0.385. The van der Waals surface area contributed by atoms with E-state index in [-0.39, 0.29) is 12.4 Å². The van der Waals surface area contributed by atoms with Crippen molar-refractivity contribution in [3.8, 4) is 0 Å². The van der Waals surface area contributed by atoms with Gasteiger partial charge >= 0.3 is 11.9 Å². The molecule has 0 atom stereocenters. The zero-order chi connectivity index (χ0) is 13.5. The third-order valence-electron chi connectivity index (χ3n) is 2.59. The van der Waals surface area contributed by atoms with Crippen LogP contribution in [0.5, 0.6) is 0 Å². The van der Waals surface area contributed by atoms with Crippen molar-refractivity contribution >= 4 is 17.6 Å². The van der Waals surface area contributed by atoms with Crippen LogP contribution < -0.4 is 4.90 Å². The van der Waals surface area contributed by atoms with Crippen LogP contribution in [-0.4, -0.2) is 37.7 Å². The maximum atomic E-state index is 11.4. The summed E-state index contributed by atoms with van der Waals surface area (Å²) in [5, 5.41) is 8.57. The first-order valence-electron chi connectivity index (χ1n) is 5.66. The minimum atomic E-state index is -0.799. The lowest BCUT2D eigenvalue weighted by Crippen LogP contribution is -2.19. The predicted molar refractivity (Wildman–Crippen MR) is 67.9 cm³/mol. The summed E-state index contributed by atoms with van der Waals surface area (Å²) < 4.78 is 4.65. The van der Waals surface area contributed by atoms with Crippen molar-refractivity contribution in [1.29, 1.82) is 0 Å². The molecular formula is C13H17NO4. The number of benzene rings is 1. The molecule has 98 valence electrons. The summed E-state index contributed by atoms with van der Waals surface area (Å²) in [6.07, 6.45) is 0.704. The molecule has 0 aliphatic heterocycles. The zero-order valence-corrected chi connectivity index (χ0v) is 10.5. The molecule has 1 N–H and O–H groups in total. The van der Waals surface area contributed by atoms with Crippen LogP contribution in [-0.2, 0) is 9.53 Å². The smallest absolute Gasteiger partial charge is 0.337 e. The number of methoxy groups -OCH3 is 1. The summed E-state index contributed by atoms with van der Waals surface area (Å²) in [5.74, 6) is -1.18. The molecule has 0 unspecified atom stereocenters. The molecule has 5 heteroatoms. The Bertz CT molecular complexity index is 431. The molecule has 0 saturated carbocycles. The summed E-state index contributed by atoms with van der Waals surface area (Å²) in [4.78, 5) is 23.7. The number of ether oxygens (including phenoxy) is 1. The van der Waals surface area contributed by atoms with E-state index in [9.17, 15) is 9.59 Å². The molecule has 0 fully saturated rings. The lowest BCUT2D eigenvalue weighted by Gasteiger charge is -2.19. The van der Waals surface area contributed by atoms with Gasteiger partial charge < -0.3 is 14.7 Å². The van der Waals surface area contributed by atoms with Crippen LogP contribution in [0.1, 0.15) is 23.2 Å². The van der Waals surface area contributed by atoms with E-state index in [1.165, 1.54) is 7.11 Å². The van der Waals surface area contributed by atoms with E-state index in [1.807, 2.05) is 18.0 Å². The molecule has 0 radical (unpaired) electrons. The number of carboxylic acids is 1. The summed E-state index contributed by atoms with van der Waals surface area (Å²) in [5.41, 5.74) is 1.35. The van der Waals surface area contributed by atoms with Gasteiger partial charge in [-0.15, -0.1) is 0 Å². The Kier molecular flexibility index (Phi) is 5.17. The molecule has 0 aromatic heterocycles. The van der Waals surface area contributed by atoms with Crippen LogP contribution in [0.3, 0.4) is 0 Å². The van der Waals surface area contributed by atoms with Crippen molar-refractivity contribution < 1.29 is 19.4 Å². The minimum Gasteiger partial charge on any atom is -0.481 e. The molecule has 0 heterocycles. The zero-order valence-electron chi connectivity index (χ0n) is 10.5. The third kappa shape index (κ3) is 4.08. The minimum absolute atomic E-state index is 0.140. The van der Waals surface area contributed by atoms with Gasteiger partial charge in [0.2, 0.25) is 0 Å². The van der Waals surface area contributed by atoms with Crippen molar-refractivity contribution in [1.82, 2.24) is 0 Å². The fourth-order valence-electron chi connectivity index (χ4n) is 1.58. The van der Waals surface area contributed by atoms with E-state index >= 15 is 0 Å². The van der Waals surface area contributed by atoms with Gasteiger partial charge in [0.15, 0.2) is 0 Å². The molecule has 0 aliphatic carbocycles. The highest BCUT2D eigenvalue weighted by atomic mass is 16.5. The van der Waals surface area contributed by atoms with Crippen LogP contribution in [0.2, 0.25) is 0 Å². The number of rotatable bonds is 6. The monoisotopic (exact) mass is 251 g/mol. The van der Waals surface area contributed by atoms with Gasteiger partial charge in [-0.2, -0.15) is 0 Å². The number of hydrogen-bond acceptors (Lipinski definition) is 4. The normalized spacial score (nSPS) is 9.89. The Labute approximate surface area is 106 Å². The summed E-state index contributed by atoms with van der Waals surface area (Å²) in [6, 6.07) is 7.05. The van der Waals surface area contributed by atoms with Crippen molar-refractivity contribution in [3.05, 3.63) is 29.8 Å². The predicted octanol–water partition coefficient (Wildman–Crippen LogP) is 1.77. The first-order valence-corrected chi connectivity index (χ1v) is 5.66. The number of esters is 1. The second kappa shape index (κ2) is 6.64. The van der Waals surface area contributed by atoms with Gasteiger partial charge in [0.25, 0.3) is 0 Å². The van der Waals surface area contributed by atoms with Gasteiger partial charge in [0, 0.05) is 25.7 Å². The van der Waals surface area contributed by atoms with Gasteiger partial charge in [0.1, 0.15) is 0 Å². The van der Waals surface area contributed by atoms with Crippen molar-refractivity contribution in [2.24, 2.45) is 0 Å². The topological polar surface area (TPSA) is 66.8 Å². The molecule has 0 spiro atoms. The third-order valence-corrected chi connectivity index (χ3v) is 2.59. The van der Waals surface area contributed by atoms with E-state index in [4.69, 9.17) is 5.11 Å². The number of carbonyl (C=O) groups is 2. The summed E-state index contributed by atoms with van der Waals surface area (Å²) >= 11 is 0. The molecule has 0 bridgehead atoms. The van der Waals surface area contributed by atoms with Gasteiger partial charge in [-0.25, -0.2) is 4.79 Å².